The number of nitrogens with two attached hydrogens (primary N) is 1. The van der Waals surface area contributed by atoms with E-state index in [1.54, 1.807) is 6.07 Å². The van der Waals surface area contributed by atoms with E-state index < -0.39 is 0 Å². The van der Waals surface area contributed by atoms with Gasteiger partial charge in [-0.3, -0.25) is 4.79 Å². The Kier molecular flexibility index (Phi) is 3.47. The molecule has 0 aromatic carbocycles. The number of rotatable bonds is 2. The lowest BCUT2D eigenvalue weighted by Crippen LogP contribution is -2.46. The Balaban J connectivity index is 2.17. The van der Waals surface area contributed by atoms with Gasteiger partial charge in [-0.1, -0.05) is 11.6 Å². The van der Waals surface area contributed by atoms with Crippen molar-refractivity contribution in [3.63, 3.8) is 0 Å². The lowest BCUT2D eigenvalue weighted by Gasteiger charge is -2.37. The van der Waals surface area contributed by atoms with Gasteiger partial charge in [0, 0.05) is 12.6 Å². The van der Waals surface area contributed by atoms with Gasteiger partial charge in [-0.25, -0.2) is 0 Å². The maximum Gasteiger partial charge on any atom is 0.222 e. The van der Waals surface area contributed by atoms with E-state index in [4.69, 9.17) is 17.3 Å². The SMILES string of the molecule is CC1CCC(C(N)=O)CN1c1ccc(Cl)nn1. The van der Waals surface area contributed by atoms with E-state index in [0.717, 1.165) is 18.7 Å². The van der Waals surface area contributed by atoms with E-state index in [-0.39, 0.29) is 11.8 Å². The summed E-state index contributed by atoms with van der Waals surface area (Å²) in [6.07, 6.45) is 1.77. The molecule has 92 valence electrons. The number of primary amides is 1. The molecule has 1 amide bonds. The van der Waals surface area contributed by atoms with Crippen molar-refractivity contribution >= 4 is 23.3 Å². The van der Waals surface area contributed by atoms with E-state index >= 15 is 0 Å². The zero-order valence-corrected chi connectivity index (χ0v) is 10.4. The maximum absolute atomic E-state index is 11.2. The van der Waals surface area contributed by atoms with Crippen LogP contribution >= 0.6 is 11.6 Å². The number of nitrogens with zero attached hydrogens (tertiary/aromatic N) is 3. The minimum atomic E-state index is -0.246. The number of aromatic nitrogens is 2. The fourth-order valence-corrected chi connectivity index (χ4v) is 2.22. The minimum Gasteiger partial charge on any atom is -0.369 e. The summed E-state index contributed by atoms with van der Waals surface area (Å²) in [4.78, 5) is 13.3. The highest BCUT2D eigenvalue weighted by Gasteiger charge is 2.29. The Labute approximate surface area is 105 Å². The molecule has 2 N–H and O–H groups in total. The number of carbonyl (C=O) groups is 1. The highest BCUT2D eigenvalue weighted by molar-refractivity contribution is 6.29. The van der Waals surface area contributed by atoms with Crippen LogP contribution in [-0.2, 0) is 4.79 Å². The molecular formula is C11H15ClN4O. The number of amides is 1. The molecule has 1 aliphatic heterocycles. The second kappa shape index (κ2) is 4.87. The Hall–Kier alpha value is -1.36. The van der Waals surface area contributed by atoms with Crippen LogP contribution in [0, 0.1) is 5.92 Å². The van der Waals surface area contributed by atoms with Crippen LogP contribution in [-0.4, -0.2) is 28.7 Å². The van der Waals surface area contributed by atoms with Gasteiger partial charge in [0.1, 0.15) is 0 Å². The van der Waals surface area contributed by atoms with Gasteiger partial charge >= 0.3 is 0 Å². The summed E-state index contributed by atoms with van der Waals surface area (Å²) in [5.74, 6) is 0.389. The van der Waals surface area contributed by atoms with E-state index in [2.05, 4.69) is 22.0 Å². The summed E-state index contributed by atoms with van der Waals surface area (Å²) < 4.78 is 0. The van der Waals surface area contributed by atoms with Crippen LogP contribution in [0.2, 0.25) is 5.15 Å². The van der Waals surface area contributed by atoms with Crippen LogP contribution < -0.4 is 10.6 Å². The van der Waals surface area contributed by atoms with Gasteiger partial charge in [0.15, 0.2) is 11.0 Å². The molecule has 5 nitrogen and oxygen atoms in total. The van der Waals surface area contributed by atoms with Crippen LogP contribution in [0.1, 0.15) is 19.8 Å². The minimum absolute atomic E-state index is 0.108. The molecule has 2 atom stereocenters. The van der Waals surface area contributed by atoms with Gasteiger partial charge in [0.2, 0.25) is 5.91 Å². The number of piperidine rings is 1. The molecule has 0 aliphatic carbocycles. The number of carbonyl (C=O) groups excluding carboxylic acids is 1. The molecular weight excluding hydrogens is 240 g/mol. The maximum atomic E-state index is 11.2. The predicted molar refractivity (Wildman–Crippen MR) is 65.8 cm³/mol. The van der Waals surface area contributed by atoms with E-state index in [9.17, 15) is 4.79 Å². The summed E-state index contributed by atoms with van der Waals surface area (Å²) in [5.41, 5.74) is 5.35. The van der Waals surface area contributed by atoms with Crippen molar-refractivity contribution in [1.29, 1.82) is 0 Å². The first kappa shape index (κ1) is 12.1. The van der Waals surface area contributed by atoms with Crippen molar-refractivity contribution in [2.45, 2.75) is 25.8 Å². The molecule has 1 aromatic heterocycles. The lowest BCUT2D eigenvalue weighted by atomic mass is 9.93. The van der Waals surface area contributed by atoms with Crippen molar-refractivity contribution in [2.75, 3.05) is 11.4 Å². The van der Waals surface area contributed by atoms with Gasteiger partial charge in [0.25, 0.3) is 0 Å². The van der Waals surface area contributed by atoms with Gasteiger partial charge in [-0.15, -0.1) is 10.2 Å². The van der Waals surface area contributed by atoms with Crippen LogP contribution in [0.4, 0.5) is 5.82 Å². The standard InChI is InChI=1S/C11H15ClN4O/c1-7-2-3-8(11(13)17)6-16(7)10-5-4-9(12)14-15-10/h4-5,7-8H,2-3,6H2,1H3,(H2,13,17). The highest BCUT2D eigenvalue weighted by Crippen LogP contribution is 2.26. The van der Waals surface area contributed by atoms with Gasteiger partial charge < -0.3 is 10.6 Å². The Bertz CT molecular complexity index is 408. The molecule has 0 spiro atoms. The van der Waals surface area contributed by atoms with Gasteiger partial charge in [0.05, 0.1) is 5.92 Å². The molecule has 2 unspecified atom stereocenters. The second-order valence-corrected chi connectivity index (χ2v) is 4.78. The van der Waals surface area contributed by atoms with Crippen molar-refractivity contribution in [1.82, 2.24) is 10.2 Å². The average Bonchev–Trinajstić information content (AvgIpc) is 2.31. The number of hydrogen-bond acceptors (Lipinski definition) is 4. The largest absolute Gasteiger partial charge is 0.369 e. The zero-order valence-electron chi connectivity index (χ0n) is 9.64. The summed E-state index contributed by atoms with van der Waals surface area (Å²) in [5, 5.41) is 8.22. The number of halogens is 1. The lowest BCUT2D eigenvalue weighted by molar-refractivity contribution is -0.122. The van der Waals surface area contributed by atoms with Gasteiger partial charge in [-0.05, 0) is 31.9 Å². The normalized spacial score (nSPS) is 24.7. The average molecular weight is 255 g/mol. The first-order valence-corrected chi connectivity index (χ1v) is 6.01. The van der Waals surface area contributed by atoms with Crippen molar-refractivity contribution in [3.05, 3.63) is 17.3 Å². The summed E-state index contributed by atoms with van der Waals surface area (Å²) in [6, 6.07) is 3.85. The molecule has 0 bridgehead atoms. The third-order valence-corrected chi connectivity index (χ3v) is 3.40. The van der Waals surface area contributed by atoms with Crippen molar-refractivity contribution in [2.24, 2.45) is 11.7 Å². The van der Waals surface area contributed by atoms with Gasteiger partial charge in [-0.2, -0.15) is 0 Å². The summed E-state index contributed by atoms with van der Waals surface area (Å²) in [7, 11) is 0. The number of hydrogen-bond donors (Lipinski definition) is 1. The Morgan fingerprint density at radius 3 is 2.82 bits per heavy atom. The van der Waals surface area contributed by atoms with E-state index in [1.165, 1.54) is 0 Å². The molecule has 1 aromatic rings. The van der Waals surface area contributed by atoms with E-state index in [0.29, 0.717) is 17.7 Å². The molecule has 2 rings (SSSR count). The third-order valence-electron chi connectivity index (χ3n) is 3.20. The van der Waals surface area contributed by atoms with Crippen LogP contribution in [0.25, 0.3) is 0 Å². The summed E-state index contributed by atoms with van der Waals surface area (Å²) in [6.45, 7) is 2.71. The molecule has 2 heterocycles. The molecule has 0 saturated carbocycles. The highest BCUT2D eigenvalue weighted by atomic mass is 35.5. The van der Waals surface area contributed by atoms with Crippen molar-refractivity contribution < 1.29 is 4.79 Å². The fourth-order valence-electron chi connectivity index (χ4n) is 2.12. The van der Waals surface area contributed by atoms with Crippen molar-refractivity contribution in [3.8, 4) is 0 Å². The Morgan fingerprint density at radius 1 is 1.47 bits per heavy atom. The fraction of sp³-hybridized carbons (Fsp3) is 0.545. The van der Waals surface area contributed by atoms with Crippen LogP contribution in [0.15, 0.2) is 12.1 Å². The van der Waals surface area contributed by atoms with Crippen LogP contribution in [0.3, 0.4) is 0 Å². The van der Waals surface area contributed by atoms with Crippen LogP contribution in [0.5, 0.6) is 0 Å². The molecule has 1 saturated heterocycles. The van der Waals surface area contributed by atoms with E-state index in [1.807, 2.05) is 6.07 Å². The predicted octanol–water partition coefficient (Wildman–Crippen LogP) is 1.22. The first-order chi connectivity index (χ1) is 8.08. The second-order valence-electron chi connectivity index (χ2n) is 4.39. The topological polar surface area (TPSA) is 72.1 Å². The molecule has 0 radical (unpaired) electrons. The smallest absolute Gasteiger partial charge is 0.222 e. The molecule has 1 aliphatic rings. The zero-order chi connectivity index (χ0) is 12.4. The molecule has 17 heavy (non-hydrogen) atoms. The quantitative estimate of drug-likeness (QED) is 0.861. The Morgan fingerprint density at radius 2 is 2.24 bits per heavy atom. The number of anilines is 1. The monoisotopic (exact) mass is 254 g/mol. The summed E-state index contributed by atoms with van der Waals surface area (Å²) >= 11 is 5.70. The third kappa shape index (κ3) is 2.66. The first-order valence-electron chi connectivity index (χ1n) is 5.63. The molecule has 6 heteroatoms. The molecule has 1 fully saturated rings.